The molecule has 0 atom stereocenters. The zero-order valence-electron chi connectivity index (χ0n) is 23.2. The van der Waals surface area contributed by atoms with Crippen molar-refractivity contribution in [3.8, 4) is 0 Å². The van der Waals surface area contributed by atoms with Gasteiger partial charge in [0, 0.05) is 44.8 Å². The molecule has 0 spiro atoms. The van der Waals surface area contributed by atoms with Crippen molar-refractivity contribution in [1.82, 2.24) is 39.3 Å². The van der Waals surface area contributed by atoms with Gasteiger partial charge < -0.3 is 29.7 Å². The maximum Gasteiger partial charge on any atom is 0.410 e. The van der Waals surface area contributed by atoms with Gasteiger partial charge in [-0.2, -0.15) is 19.6 Å². The van der Waals surface area contributed by atoms with Gasteiger partial charge in [-0.25, -0.2) is 18.6 Å². The maximum atomic E-state index is 14.1. The van der Waals surface area contributed by atoms with E-state index in [1.165, 1.54) is 10.6 Å². The lowest BCUT2D eigenvalue weighted by molar-refractivity contribution is -0.128. The Morgan fingerprint density at radius 1 is 1.02 bits per heavy atom. The van der Waals surface area contributed by atoms with Crippen LogP contribution in [0, 0.1) is 11.6 Å². The highest BCUT2D eigenvalue weighted by atomic mass is 79.9. The quantitative estimate of drug-likeness (QED) is 0.286. The highest BCUT2D eigenvalue weighted by Gasteiger charge is 2.26. The van der Waals surface area contributed by atoms with Crippen LogP contribution in [0.3, 0.4) is 0 Å². The van der Waals surface area contributed by atoms with Gasteiger partial charge in [-0.1, -0.05) is 6.58 Å². The van der Waals surface area contributed by atoms with E-state index in [-0.39, 0.29) is 30.1 Å². The van der Waals surface area contributed by atoms with Gasteiger partial charge in [-0.05, 0) is 47.3 Å². The number of piperidine rings is 1. The Labute approximate surface area is 253 Å². The van der Waals surface area contributed by atoms with Crippen LogP contribution in [0.15, 0.2) is 35.0 Å². The molecule has 6 rings (SSSR count). The largest absolute Gasteiger partial charge is 0.444 e. The lowest BCUT2D eigenvalue weighted by Crippen LogP contribution is -2.49. The Kier molecular flexibility index (Phi) is 8.10. The van der Waals surface area contributed by atoms with Crippen LogP contribution in [-0.2, 0) is 16.1 Å². The van der Waals surface area contributed by atoms with Crippen LogP contribution in [0.4, 0.5) is 25.5 Å². The van der Waals surface area contributed by atoms with Crippen molar-refractivity contribution in [3.63, 3.8) is 0 Å². The number of nitrogens with one attached hydrogen (secondary N) is 2. The predicted molar refractivity (Wildman–Crippen MR) is 157 cm³/mol. The fourth-order valence-corrected chi connectivity index (χ4v) is 5.47. The molecule has 2 aliphatic rings. The Morgan fingerprint density at radius 3 is 2.56 bits per heavy atom. The average molecular weight is 659 g/mol. The summed E-state index contributed by atoms with van der Waals surface area (Å²) in [6.07, 6.45) is 4.14. The maximum absolute atomic E-state index is 14.1. The van der Waals surface area contributed by atoms with Crippen molar-refractivity contribution >= 4 is 56.5 Å². The molecule has 0 bridgehead atoms. The third-order valence-electron chi connectivity index (χ3n) is 7.46. The number of fused-ring (bicyclic) bond motifs is 2. The van der Waals surface area contributed by atoms with Gasteiger partial charge in [0.15, 0.2) is 17.3 Å². The fraction of sp³-hybridized carbons (Fsp3) is 0.407. The lowest BCUT2D eigenvalue weighted by atomic mass is 10.1. The monoisotopic (exact) mass is 658 g/mol. The summed E-state index contributed by atoms with van der Waals surface area (Å²) in [5.41, 5.74) is 1.08. The number of piperazine rings is 1. The van der Waals surface area contributed by atoms with Gasteiger partial charge >= 0.3 is 6.09 Å². The molecule has 4 aromatic rings. The van der Waals surface area contributed by atoms with Gasteiger partial charge in [0.25, 0.3) is 5.91 Å². The molecule has 0 saturated carbocycles. The second-order valence-electron chi connectivity index (χ2n) is 10.4. The minimum Gasteiger partial charge on any atom is -0.444 e. The molecule has 3 aromatic heterocycles. The van der Waals surface area contributed by atoms with E-state index in [1.54, 1.807) is 16.0 Å². The molecule has 2 fully saturated rings. The number of ether oxygens (including phenoxy) is 1. The van der Waals surface area contributed by atoms with Crippen molar-refractivity contribution < 1.29 is 23.1 Å². The molecule has 0 unspecified atom stereocenters. The molecule has 0 radical (unpaired) electrons. The van der Waals surface area contributed by atoms with Crippen molar-refractivity contribution in [1.29, 1.82) is 0 Å². The van der Waals surface area contributed by atoms with E-state index >= 15 is 0 Å². The summed E-state index contributed by atoms with van der Waals surface area (Å²) >= 11 is 3.47. The normalized spacial score (nSPS) is 15.7. The van der Waals surface area contributed by atoms with Gasteiger partial charge in [-0.3, -0.25) is 4.79 Å². The molecule has 43 heavy (non-hydrogen) atoms. The van der Waals surface area contributed by atoms with Crippen molar-refractivity contribution in [2.45, 2.75) is 25.8 Å². The average Bonchev–Trinajstić information content (AvgIpc) is 3.64. The van der Waals surface area contributed by atoms with Crippen LogP contribution >= 0.6 is 15.9 Å². The molecule has 5 heterocycles. The van der Waals surface area contributed by atoms with Crippen LogP contribution in [0.1, 0.15) is 25.1 Å². The number of hydrogen-bond donors (Lipinski definition) is 2. The first kappa shape index (κ1) is 28.8. The molecule has 226 valence electrons. The SMILES string of the molecule is C=C(COC(=O)N1CCN(c2nc(NCc3nc4c(F)c(F)ccc4[nH]3)n3ncc(Br)c3n2)CC1)C(=O)N1CCCCC1. The first-order valence-electron chi connectivity index (χ1n) is 13.9. The Balaban J connectivity index is 1.08. The summed E-state index contributed by atoms with van der Waals surface area (Å²) in [6, 6.07) is 2.47. The van der Waals surface area contributed by atoms with Crippen LogP contribution in [0.2, 0.25) is 0 Å². The number of anilines is 2. The molecule has 2 amide bonds. The van der Waals surface area contributed by atoms with Crippen LogP contribution in [0.5, 0.6) is 0 Å². The Morgan fingerprint density at radius 2 is 1.79 bits per heavy atom. The number of imidazole rings is 1. The highest BCUT2D eigenvalue weighted by Crippen LogP contribution is 2.24. The van der Waals surface area contributed by atoms with Crippen LogP contribution < -0.4 is 10.2 Å². The summed E-state index contributed by atoms with van der Waals surface area (Å²) in [5, 5.41) is 7.46. The summed E-state index contributed by atoms with van der Waals surface area (Å²) in [5.74, 6) is -0.988. The minimum absolute atomic E-state index is 0.0820. The van der Waals surface area contributed by atoms with E-state index in [4.69, 9.17) is 4.74 Å². The molecular formula is C27H29BrF2N10O3. The van der Waals surface area contributed by atoms with Gasteiger partial charge in [0.2, 0.25) is 11.9 Å². The second kappa shape index (κ2) is 12.1. The van der Waals surface area contributed by atoms with E-state index in [0.717, 1.165) is 25.3 Å². The zero-order chi connectivity index (χ0) is 30.1. The summed E-state index contributed by atoms with van der Waals surface area (Å²) in [6.45, 7) is 6.83. The molecule has 2 saturated heterocycles. The van der Waals surface area contributed by atoms with Crippen molar-refractivity contribution in [3.05, 3.63) is 52.4 Å². The van der Waals surface area contributed by atoms with E-state index in [9.17, 15) is 18.4 Å². The lowest BCUT2D eigenvalue weighted by Gasteiger charge is -2.34. The number of carbonyl (C=O) groups is 2. The molecule has 13 nitrogen and oxygen atoms in total. The highest BCUT2D eigenvalue weighted by molar-refractivity contribution is 9.10. The number of hydrogen-bond acceptors (Lipinski definition) is 9. The van der Waals surface area contributed by atoms with E-state index < -0.39 is 17.7 Å². The number of carbonyl (C=O) groups excluding carboxylic acids is 2. The second-order valence-corrected chi connectivity index (χ2v) is 11.2. The standard InChI is InChI=1S/C27H29BrF2N10O3/c1-16(24(41)37-7-3-2-4-8-37)15-43-27(42)39-11-9-38(10-12-39)26-35-23-17(28)13-32-40(23)25(36-26)31-14-20-33-19-6-5-18(29)21(30)22(19)34-20/h5-6,13H,1-4,7-12,14-15H2,(H,33,34)(H,31,35,36). The predicted octanol–water partition coefficient (Wildman–Crippen LogP) is 3.48. The Hall–Kier alpha value is -4.34. The number of aromatic nitrogens is 6. The van der Waals surface area contributed by atoms with Gasteiger partial charge in [0.1, 0.15) is 17.9 Å². The summed E-state index contributed by atoms with van der Waals surface area (Å²) in [7, 11) is 0. The zero-order valence-corrected chi connectivity index (χ0v) is 24.7. The van der Waals surface area contributed by atoms with Crippen molar-refractivity contribution in [2.75, 3.05) is 56.1 Å². The fourth-order valence-electron chi connectivity index (χ4n) is 5.12. The number of nitrogens with zero attached hydrogens (tertiary/aromatic N) is 8. The molecular weight excluding hydrogens is 630 g/mol. The number of rotatable bonds is 7. The molecule has 16 heteroatoms. The van der Waals surface area contributed by atoms with Gasteiger partial charge in [0.05, 0.1) is 22.7 Å². The number of benzene rings is 1. The Bertz CT molecular complexity index is 1700. The third kappa shape index (κ3) is 5.96. The van der Waals surface area contributed by atoms with Crippen LogP contribution in [0.25, 0.3) is 16.7 Å². The van der Waals surface area contributed by atoms with E-state index in [2.05, 4.69) is 52.9 Å². The van der Waals surface area contributed by atoms with E-state index in [0.29, 0.717) is 72.6 Å². The first-order valence-corrected chi connectivity index (χ1v) is 14.7. The number of likely N-dealkylation sites (tertiary alicyclic amines) is 1. The molecule has 0 aliphatic carbocycles. The molecule has 2 aliphatic heterocycles. The smallest absolute Gasteiger partial charge is 0.410 e. The number of H-pyrrole nitrogens is 1. The van der Waals surface area contributed by atoms with E-state index in [1.807, 2.05) is 4.90 Å². The topological polar surface area (TPSA) is 137 Å². The van der Waals surface area contributed by atoms with Crippen molar-refractivity contribution in [2.24, 2.45) is 0 Å². The third-order valence-corrected chi connectivity index (χ3v) is 8.02. The number of halogens is 3. The molecule has 1 aromatic carbocycles. The first-order chi connectivity index (χ1) is 20.8. The number of aromatic amines is 1. The van der Waals surface area contributed by atoms with Crippen LogP contribution in [-0.4, -0.2) is 97.2 Å². The minimum atomic E-state index is -1.01. The number of amides is 2. The molecule has 2 N–H and O–H groups in total. The summed E-state index contributed by atoms with van der Waals surface area (Å²) in [4.78, 5) is 47.0. The summed E-state index contributed by atoms with van der Waals surface area (Å²) < 4.78 is 35.3. The van der Waals surface area contributed by atoms with Gasteiger partial charge in [-0.15, -0.1) is 0 Å².